The van der Waals surface area contributed by atoms with Gasteiger partial charge >= 0.3 is 6.09 Å². The standard InChI is InChI=1S/C27H23F2N3O3/c1-16-3-5-17(6-4-16)21-8-7-18(26(33)32-10-9-20(15-32)31-27(34)35-2)11-22(21)19-12-24(28)23(14-30)25(29)13-19/h3-8,11-13,20H,9-10,15H2,1-2H3,(H,31,34)/t20-/m0/s1. The van der Waals surface area contributed by atoms with Crippen LogP contribution in [0.1, 0.15) is 27.9 Å². The number of rotatable bonds is 4. The lowest BCUT2D eigenvalue weighted by molar-refractivity contribution is 0.0788. The summed E-state index contributed by atoms with van der Waals surface area (Å²) >= 11 is 0. The Morgan fingerprint density at radius 2 is 1.71 bits per heavy atom. The third-order valence-electron chi connectivity index (χ3n) is 6.08. The highest BCUT2D eigenvalue weighted by atomic mass is 19.1. The molecule has 1 aliphatic heterocycles. The molecule has 0 unspecified atom stereocenters. The Kier molecular flexibility index (Phi) is 6.78. The number of ether oxygens (including phenoxy) is 1. The van der Waals surface area contributed by atoms with Crippen molar-refractivity contribution in [3.63, 3.8) is 0 Å². The maximum absolute atomic E-state index is 14.5. The summed E-state index contributed by atoms with van der Waals surface area (Å²) in [5.74, 6) is -2.19. The minimum atomic E-state index is -0.967. The number of hydrogen-bond donors (Lipinski definition) is 1. The number of likely N-dealkylation sites (tertiary alicyclic amines) is 1. The lowest BCUT2D eigenvalue weighted by atomic mass is 9.91. The van der Waals surface area contributed by atoms with Gasteiger partial charge in [0, 0.05) is 18.7 Å². The molecule has 1 atom stereocenters. The molecular weight excluding hydrogens is 452 g/mol. The number of carbonyl (C=O) groups is 2. The van der Waals surface area contributed by atoms with Crippen LogP contribution in [0.25, 0.3) is 22.3 Å². The van der Waals surface area contributed by atoms with E-state index < -0.39 is 23.3 Å². The molecule has 0 aliphatic carbocycles. The van der Waals surface area contributed by atoms with Crippen LogP contribution in [0.4, 0.5) is 13.6 Å². The topological polar surface area (TPSA) is 82.4 Å². The van der Waals surface area contributed by atoms with Crippen LogP contribution in [0, 0.1) is 29.9 Å². The van der Waals surface area contributed by atoms with Gasteiger partial charge in [-0.15, -0.1) is 0 Å². The summed E-state index contributed by atoms with van der Waals surface area (Å²) < 4.78 is 33.6. The summed E-state index contributed by atoms with van der Waals surface area (Å²) in [7, 11) is 1.28. The van der Waals surface area contributed by atoms with Crippen LogP contribution in [0.3, 0.4) is 0 Å². The van der Waals surface area contributed by atoms with Gasteiger partial charge in [-0.1, -0.05) is 35.9 Å². The molecule has 2 amide bonds. The van der Waals surface area contributed by atoms with Gasteiger partial charge in [0.1, 0.15) is 23.3 Å². The van der Waals surface area contributed by atoms with Gasteiger partial charge in [0.05, 0.1) is 13.2 Å². The average molecular weight is 475 g/mol. The van der Waals surface area contributed by atoms with Crippen molar-refractivity contribution >= 4 is 12.0 Å². The number of aryl methyl sites for hydroxylation is 1. The van der Waals surface area contributed by atoms with Crippen molar-refractivity contribution < 1.29 is 23.1 Å². The highest BCUT2D eigenvalue weighted by molar-refractivity contribution is 5.98. The maximum atomic E-state index is 14.5. The number of benzene rings is 3. The lowest BCUT2D eigenvalue weighted by Crippen LogP contribution is -2.38. The Hall–Kier alpha value is -4.25. The molecule has 178 valence electrons. The van der Waals surface area contributed by atoms with Crippen molar-refractivity contribution in [3.8, 4) is 28.3 Å². The van der Waals surface area contributed by atoms with Crippen molar-refractivity contribution in [1.82, 2.24) is 10.2 Å². The predicted octanol–water partition coefficient (Wildman–Crippen LogP) is 5.05. The van der Waals surface area contributed by atoms with E-state index in [4.69, 9.17) is 5.26 Å². The fraction of sp³-hybridized carbons (Fsp3) is 0.222. The first kappa shape index (κ1) is 23.9. The molecule has 3 aromatic rings. The Labute approximate surface area is 201 Å². The normalized spacial score (nSPS) is 14.9. The largest absolute Gasteiger partial charge is 0.453 e. The molecule has 0 radical (unpaired) electrons. The lowest BCUT2D eigenvalue weighted by Gasteiger charge is -2.19. The van der Waals surface area contributed by atoms with Gasteiger partial charge in [0.2, 0.25) is 0 Å². The minimum absolute atomic E-state index is 0.218. The second-order valence-corrected chi connectivity index (χ2v) is 8.43. The summed E-state index contributed by atoms with van der Waals surface area (Å²) in [6.45, 7) is 2.72. The van der Waals surface area contributed by atoms with Crippen molar-refractivity contribution in [1.29, 1.82) is 5.26 Å². The number of carbonyl (C=O) groups excluding carboxylic acids is 2. The SMILES string of the molecule is COC(=O)N[C@H]1CCN(C(=O)c2ccc(-c3ccc(C)cc3)c(-c3cc(F)c(C#N)c(F)c3)c2)C1. The van der Waals surface area contributed by atoms with E-state index >= 15 is 0 Å². The van der Waals surface area contributed by atoms with E-state index in [1.165, 1.54) is 13.2 Å². The van der Waals surface area contributed by atoms with E-state index in [2.05, 4.69) is 10.1 Å². The van der Waals surface area contributed by atoms with Gasteiger partial charge in [0.25, 0.3) is 5.91 Å². The van der Waals surface area contributed by atoms with Gasteiger partial charge < -0.3 is 15.0 Å². The molecule has 8 heteroatoms. The van der Waals surface area contributed by atoms with Crippen LogP contribution >= 0.6 is 0 Å². The van der Waals surface area contributed by atoms with E-state index in [1.807, 2.05) is 31.2 Å². The molecule has 6 nitrogen and oxygen atoms in total. The molecular formula is C27H23F2N3O3. The molecule has 1 aliphatic rings. The summed E-state index contributed by atoms with van der Waals surface area (Å²) in [5, 5.41) is 11.7. The zero-order valence-electron chi connectivity index (χ0n) is 19.3. The van der Waals surface area contributed by atoms with Crippen molar-refractivity contribution in [2.75, 3.05) is 20.2 Å². The van der Waals surface area contributed by atoms with Crippen molar-refractivity contribution in [2.24, 2.45) is 0 Å². The summed E-state index contributed by atoms with van der Waals surface area (Å²) in [4.78, 5) is 26.4. The highest BCUT2D eigenvalue weighted by Gasteiger charge is 2.29. The smallest absolute Gasteiger partial charge is 0.407 e. The number of nitriles is 1. The maximum Gasteiger partial charge on any atom is 0.407 e. The number of halogens is 2. The van der Waals surface area contributed by atoms with Crippen LogP contribution in [0.2, 0.25) is 0 Å². The monoisotopic (exact) mass is 475 g/mol. The summed E-state index contributed by atoms with van der Waals surface area (Å²) in [6, 6.07) is 16.2. The Bertz CT molecular complexity index is 1310. The van der Waals surface area contributed by atoms with Gasteiger partial charge in [-0.25, -0.2) is 13.6 Å². The molecule has 35 heavy (non-hydrogen) atoms. The third kappa shape index (κ3) is 4.99. The number of nitrogens with zero attached hydrogens (tertiary/aromatic N) is 2. The number of alkyl carbamates (subject to hydrolysis) is 1. The summed E-state index contributed by atoms with van der Waals surface area (Å²) in [6.07, 6.45) is 0.0279. The Morgan fingerprint density at radius 1 is 1.03 bits per heavy atom. The van der Waals surface area contributed by atoms with Crippen LogP contribution in [0.15, 0.2) is 54.6 Å². The average Bonchev–Trinajstić information content (AvgIpc) is 3.32. The zero-order chi connectivity index (χ0) is 25.1. The molecule has 1 fully saturated rings. The number of methoxy groups -OCH3 is 1. The molecule has 1 saturated heterocycles. The second-order valence-electron chi connectivity index (χ2n) is 8.43. The van der Waals surface area contributed by atoms with Crippen LogP contribution in [-0.2, 0) is 4.74 Å². The third-order valence-corrected chi connectivity index (χ3v) is 6.08. The van der Waals surface area contributed by atoms with E-state index in [9.17, 15) is 18.4 Å². The minimum Gasteiger partial charge on any atom is -0.453 e. The van der Waals surface area contributed by atoms with E-state index in [0.717, 1.165) is 23.3 Å². The van der Waals surface area contributed by atoms with E-state index in [0.29, 0.717) is 36.2 Å². The molecule has 1 heterocycles. The number of amides is 2. The molecule has 0 saturated carbocycles. The first-order valence-electron chi connectivity index (χ1n) is 11.0. The molecule has 0 aromatic heterocycles. The Balaban J connectivity index is 1.74. The molecule has 0 bridgehead atoms. The van der Waals surface area contributed by atoms with E-state index in [1.54, 1.807) is 23.1 Å². The van der Waals surface area contributed by atoms with Gasteiger partial charge in [-0.3, -0.25) is 4.79 Å². The zero-order valence-corrected chi connectivity index (χ0v) is 19.3. The van der Waals surface area contributed by atoms with Crippen molar-refractivity contribution in [3.05, 3.63) is 82.9 Å². The fourth-order valence-electron chi connectivity index (χ4n) is 4.21. The van der Waals surface area contributed by atoms with Gasteiger partial charge in [0.15, 0.2) is 0 Å². The quantitative estimate of drug-likeness (QED) is 0.573. The molecule has 0 spiro atoms. The molecule has 3 aromatic carbocycles. The second kappa shape index (κ2) is 9.94. The Morgan fingerprint density at radius 3 is 2.34 bits per heavy atom. The summed E-state index contributed by atoms with van der Waals surface area (Å²) in [5.41, 5.74) is 2.94. The van der Waals surface area contributed by atoms with Crippen LogP contribution in [0.5, 0.6) is 0 Å². The van der Waals surface area contributed by atoms with Crippen LogP contribution in [-0.4, -0.2) is 43.1 Å². The van der Waals surface area contributed by atoms with Crippen molar-refractivity contribution in [2.45, 2.75) is 19.4 Å². The van der Waals surface area contributed by atoms with E-state index in [-0.39, 0.29) is 17.5 Å². The first-order chi connectivity index (χ1) is 16.8. The first-order valence-corrected chi connectivity index (χ1v) is 11.0. The number of nitrogens with one attached hydrogen (secondary N) is 1. The van der Waals surface area contributed by atoms with Gasteiger partial charge in [-0.05, 0) is 59.9 Å². The highest BCUT2D eigenvalue weighted by Crippen LogP contribution is 2.35. The van der Waals surface area contributed by atoms with Gasteiger partial charge in [-0.2, -0.15) is 5.26 Å². The van der Waals surface area contributed by atoms with Crippen LogP contribution < -0.4 is 5.32 Å². The predicted molar refractivity (Wildman–Crippen MR) is 127 cm³/mol. The number of hydrogen-bond acceptors (Lipinski definition) is 4. The molecule has 4 rings (SSSR count). The molecule has 1 N–H and O–H groups in total. The fourth-order valence-corrected chi connectivity index (χ4v) is 4.21.